The van der Waals surface area contributed by atoms with E-state index in [1.807, 2.05) is 28.9 Å². The molecule has 1 saturated heterocycles. The van der Waals surface area contributed by atoms with Gasteiger partial charge in [-0.2, -0.15) is 0 Å². The first-order valence-corrected chi connectivity index (χ1v) is 8.46. The number of nitrogens with zero attached hydrogens (tertiary/aromatic N) is 7. The lowest BCUT2D eigenvalue weighted by molar-refractivity contribution is 0.516. The summed E-state index contributed by atoms with van der Waals surface area (Å²) in [4.78, 5) is 10.6. The van der Waals surface area contributed by atoms with Crippen molar-refractivity contribution in [3.8, 4) is 0 Å². The second kappa shape index (κ2) is 7.25. The Kier molecular flexibility index (Phi) is 4.49. The van der Waals surface area contributed by atoms with Gasteiger partial charge in [-0.05, 0) is 34.9 Å². The highest BCUT2D eigenvalue weighted by Crippen LogP contribution is 2.19. The Morgan fingerprint density at radius 3 is 2.68 bits per heavy atom. The number of nitrogens with one attached hydrogen (secondary N) is 1. The van der Waals surface area contributed by atoms with Crippen LogP contribution in [0.5, 0.6) is 0 Å². The van der Waals surface area contributed by atoms with Gasteiger partial charge in [-0.3, -0.25) is 0 Å². The highest BCUT2D eigenvalue weighted by molar-refractivity contribution is 5.37. The van der Waals surface area contributed by atoms with Crippen molar-refractivity contribution < 1.29 is 0 Å². The van der Waals surface area contributed by atoms with Crippen LogP contribution in [0.2, 0.25) is 0 Å². The number of rotatable bonds is 5. The van der Waals surface area contributed by atoms with Crippen LogP contribution in [0.1, 0.15) is 18.4 Å². The molecule has 3 heterocycles. The molecule has 0 spiro atoms. The first-order chi connectivity index (χ1) is 12.4. The van der Waals surface area contributed by atoms with Crippen LogP contribution in [0.25, 0.3) is 0 Å². The van der Waals surface area contributed by atoms with Crippen molar-refractivity contribution in [1.82, 2.24) is 30.2 Å². The standard InChI is InChI=1S/C17H20N8/c1-2-4-14(5-3-1)12-25-17(21-22-23-25)20-15-7-10-24(11-8-15)16-6-9-18-13-19-16/h1-6,9,13,15H,7-8,10-12H2,(H,20,21,23). The molecule has 8 nitrogen and oxygen atoms in total. The van der Waals surface area contributed by atoms with Crippen LogP contribution >= 0.6 is 0 Å². The van der Waals surface area contributed by atoms with E-state index >= 15 is 0 Å². The zero-order valence-corrected chi connectivity index (χ0v) is 13.9. The molecule has 4 rings (SSSR count). The van der Waals surface area contributed by atoms with E-state index in [4.69, 9.17) is 0 Å². The van der Waals surface area contributed by atoms with E-state index in [1.54, 1.807) is 12.5 Å². The van der Waals surface area contributed by atoms with Gasteiger partial charge in [-0.25, -0.2) is 14.6 Å². The molecule has 0 aliphatic carbocycles. The molecule has 0 radical (unpaired) electrons. The third-order valence-corrected chi connectivity index (χ3v) is 4.43. The average molecular weight is 336 g/mol. The molecule has 1 aromatic carbocycles. The average Bonchev–Trinajstić information content (AvgIpc) is 3.10. The van der Waals surface area contributed by atoms with Crippen LogP contribution in [-0.4, -0.2) is 49.3 Å². The fourth-order valence-corrected chi connectivity index (χ4v) is 3.08. The van der Waals surface area contributed by atoms with Gasteiger partial charge in [0.05, 0.1) is 6.54 Å². The van der Waals surface area contributed by atoms with E-state index in [1.165, 1.54) is 5.56 Å². The van der Waals surface area contributed by atoms with Crippen molar-refractivity contribution in [2.45, 2.75) is 25.4 Å². The third-order valence-electron chi connectivity index (χ3n) is 4.43. The van der Waals surface area contributed by atoms with Gasteiger partial charge in [-0.15, -0.1) is 0 Å². The van der Waals surface area contributed by atoms with Crippen molar-refractivity contribution in [2.75, 3.05) is 23.3 Å². The molecule has 0 bridgehead atoms. The fraction of sp³-hybridized carbons (Fsp3) is 0.353. The van der Waals surface area contributed by atoms with Gasteiger partial charge in [0, 0.05) is 25.3 Å². The van der Waals surface area contributed by atoms with Crippen LogP contribution in [0.3, 0.4) is 0 Å². The molecular weight excluding hydrogens is 316 g/mol. The minimum atomic E-state index is 0.360. The van der Waals surface area contributed by atoms with Gasteiger partial charge in [0.15, 0.2) is 0 Å². The largest absolute Gasteiger partial charge is 0.356 e. The Bertz CT molecular complexity index is 781. The van der Waals surface area contributed by atoms with Crippen molar-refractivity contribution >= 4 is 11.8 Å². The van der Waals surface area contributed by atoms with Crippen LogP contribution in [0.4, 0.5) is 11.8 Å². The molecule has 1 aliphatic heterocycles. The molecule has 0 unspecified atom stereocenters. The summed E-state index contributed by atoms with van der Waals surface area (Å²) in [7, 11) is 0. The van der Waals surface area contributed by atoms with Crippen LogP contribution in [0.15, 0.2) is 48.9 Å². The first-order valence-electron chi connectivity index (χ1n) is 8.46. The quantitative estimate of drug-likeness (QED) is 0.757. The van der Waals surface area contributed by atoms with E-state index in [0.29, 0.717) is 12.6 Å². The fourth-order valence-electron chi connectivity index (χ4n) is 3.08. The minimum absolute atomic E-state index is 0.360. The molecule has 0 amide bonds. The lowest BCUT2D eigenvalue weighted by atomic mass is 10.1. The topological polar surface area (TPSA) is 84.7 Å². The molecule has 3 aromatic rings. The molecular formula is C17H20N8. The van der Waals surface area contributed by atoms with Crippen molar-refractivity contribution in [3.63, 3.8) is 0 Å². The number of tetrazole rings is 1. The Morgan fingerprint density at radius 2 is 1.92 bits per heavy atom. The van der Waals surface area contributed by atoms with Crippen molar-refractivity contribution in [1.29, 1.82) is 0 Å². The molecule has 2 aromatic heterocycles. The number of hydrogen-bond donors (Lipinski definition) is 1. The Hall–Kier alpha value is -3.03. The minimum Gasteiger partial charge on any atom is -0.356 e. The summed E-state index contributed by atoms with van der Waals surface area (Å²) >= 11 is 0. The second-order valence-electron chi connectivity index (χ2n) is 6.12. The molecule has 0 atom stereocenters. The van der Waals surface area contributed by atoms with Crippen molar-refractivity contribution in [3.05, 3.63) is 54.5 Å². The van der Waals surface area contributed by atoms with E-state index in [-0.39, 0.29) is 0 Å². The third kappa shape index (κ3) is 3.73. The molecule has 128 valence electrons. The smallest absolute Gasteiger partial charge is 0.243 e. The van der Waals surface area contributed by atoms with Gasteiger partial charge in [0.25, 0.3) is 0 Å². The van der Waals surface area contributed by atoms with Crippen LogP contribution in [-0.2, 0) is 6.54 Å². The number of hydrogen-bond acceptors (Lipinski definition) is 7. The molecule has 25 heavy (non-hydrogen) atoms. The van der Waals surface area contributed by atoms with E-state index in [2.05, 4.69) is 47.8 Å². The van der Waals surface area contributed by atoms with Crippen molar-refractivity contribution in [2.24, 2.45) is 0 Å². The SMILES string of the molecule is c1ccc(Cn2nnnc2NC2CCN(c3ccncn3)CC2)cc1. The predicted octanol–water partition coefficient (Wildman–Crippen LogP) is 1.59. The van der Waals surface area contributed by atoms with E-state index < -0.39 is 0 Å². The van der Waals surface area contributed by atoms with E-state index in [9.17, 15) is 0 Å². The van der Waals surface area contributed by atoms with Gasteiger partial charge in [0.2, 0.25) is 5.95 Å². The lowest BCUT2D eigenvalue weighted by Crippen LogP contribution is -2.40. The molecule has 1 fully saturated rings. The summed E-state index contributed by atoms with van der Waals surface area (Å²) in [6.07, 6.45) is 5.41. The Morgan fingerprint density at radius 1 is 1.08 bits per heavy atom. The summed E-state index contributed by atoms with van der Waals surface area (Å²) in [5, 5.41) is 15.6. The molecule has 1 N–H and O–H groups in total. The summed E-state index contributed by atoms with van der Waals surface area (Å²) in [5.74, 6) is 1.71. The first kappa shape index (κ1) is 15.5. The maximum absolute atomic E-state index is 4.32. The normalized spacial score (nSPS) is 15.3. The monoisotopic (exact) mass is 336 g/mol. The highest BCUT2D eigenvalue weighted by atomic mass is 15.6. The maximum atomic E-state index is 4.32. The molecule has 8 heteroatoms. The number of aromatic nitrogens is 6. The number of benzene rings is 1. The van der Waals surface area contributed by atoms with Gasteiger partial charge < -0.3 is 10.2 Å². The summed E-state index contributed by atoms with van der Waals surface area (Å²) in [6, 6.07) is 12.5. The molecule has 0 saturated carbocycles. The Labute approximate surface area is 145 Å². The van der Waals surface area contributed by atoms with Crippen LogP contribution < -0.4 is 10.2 Å². The second-order valence-corrected chi connectivity index (χ2v) is 6.12. The summed E-state index contributed by atoms with van der Waals surface area (Å²) in [6.45, 7) is 2.57. The van der Waals surface area contributed by atoms with Crippen LogP contribution in [0, 0.1) is 0 Å². The molecule has 1 aliphatic rings. The summed E-state index contributed by atoms with van der Waals surface area (Å²) < 4.78 is 1.81. The lowest BCUT2D eigenvalue weighted by Gasteiger charge is -2.33. The highest BCUT2D eigenvalue weighted by Gasteiger charge is 2.21. The zero-order valence-electron chi connectivity index (χ0n) is 13.9. The Balaban J connectivity index is 1.36. The van der Waals surface area contributed by atoms with Gasteiger partial charge in [-0.1, -0.05) is 35.4 Å². The van der Waals surface area contributed by atoms with Gasteiger partial charge in [0.1, 0.15) is 12.1 Å². The maximum Gasteiger partial charge on any atom is 0.243 e. The van der Waals surface area contributed by atoms with E-state index in [0.717, 1.165) is 37.7 Å². The summed E-state index contributed by atoms with van der Waals surface area (Å²) in [5.41, 5.74) is 1.18. The predicted molar refractivity (Wildman–Crippen MR) is 94.3 cm³/mol. The number of piperidine rings is 1. The van der Waals surface area contributed by atoms with Gasteiger partial charge >= 0.3 is 0 Å². The zero-order chi connectivity index (χ0) is 16.9. The number of anilines is 2.